The highest BCUT2D eigenvalue weighted by Crippen LogP contribution is 2.36. The van der Waals surface area contributed by atoms with E-state index in [1.807, 2.05) is 45.2 Å². The van der Waals surface area contributed by atoms with E-state index in [-0.39, 0.29) is 24.4 Å². The van der Waals surface area contributed by atoms with E-state index in [4.69, 9.17) is 30.9 Å². The largest absolute Gasteiger partial charge is 0.487 e. The van der Waals surface area contributed by atoms with Crippen LogP contribution in [0.4, 0.5) is 11.6 Å². The molecule has 3 aromatic heterocycles. The van der Waals surface area contributed by atoms with Gasteiger partial charge in [0, 0.05) is 37.1 Å². The topological polar surface area (TPSA) is 130 Å². The molecule has 46 heavy (non-hydrogen) atoms. The van der Waals surface area contributed by atoms with Crippen molar-refractivity contribution in [1.82, 2.24) is 44.9 Å². The number of benzene rings is 1. The number of morpholine rings is 1. The van der Waals surface area contributed by atoms with Gasteiger partial charge in [0.25, 0.3) is 5.88 Å². The monoisotopic (exact) mass is 650 g/mol. The van der Waals surface area contributed by atoms with Crippen LogP contribution in [0.3, 0.4) is 0 Å². The van der Waals surface area contributed by atoms with Crippen LogP contribution in [-0.2, 0) is 11.3 Å². The Morgan fingerprint density at radius 2 is 1.70 bits per heavy atom. The summed E-state index contributed by atoms with van der Waals surface area (Å²) in [5.74, 6) is 1.57. The molecule has 1 N–H and O–H groups in total. The summed E-state index contributed by atoms with van der Waals surface area (Å²) in [5.41, 5.74) is 2.46. The first kappa shape index (κ1) is 32.1. The molecule has 2 fully saturated rings. The van der Waals surface area contributed by atoms with Gasteiger partial charge in [-0.15, -0.1) is 10.2 Å². The maximum absolute atomic E-state index is 6.45. The van der Waals surface area contributed by atoms with Crippen LogP contribution in [0.5, 0.6) is 11.6 Å². The third-order valence-corrected chi connectivity index (χ3v) is 8.69. The predicted octanol–water partition coefficient (Wildman–Crippen LogP) is 5.57. The molecule has 0 unspecified atom stereocenters. The standard InChI is InChI=1S/C32H43ClN10O3/c1-20(2)44-31-29(18-43(38-31)27-9-7-26(8-10-27)41-15-21(3)45-22(4)16-41)37-32-34-13-25(14-35-32)24-6-11-28(33)30(12-24)46-23(5)17-42-19-36-39-40-42/h6,11-14,18-23,26-27H,7-10,15-17H2,1-5H3,(H,34,35,37)/t21-,22+,23-,26-,27-/m0/s1. The van der Waals surface area contributed by atoms with Crippen LogP contribution in [0.2, 0.25) is 5.02 Å². The highest BCUT2D eigenvalue weighted by atomic mass is 35.5. The van der Waals surface area contributed by atoms with Gasteiger partial charge in [-0.05, 0) is 88.4 Å². The maximum Gasteiger partial charge on any atom is 0.257 e. The summed E-state index contributed by atoms with van der Waals surface area (Å²) in [6.45, 7) is 12.8. The van der Waals surface area contributed by atoms with Crippen molar-refractivity contribution >= 4 is 23.2 Å². The second-order valence-corrected chi connectivity index (χ2v) is 13.1. The van der Waals surface area contributed by atoms with Gasteiger partial charge in [0.1, 0.15) is 23.9 Å². The van der Waals surface area contributed by atoms with Gasteiger partial charge in [-0.1, -0.05) is 17.7 Å². The first-order chi connectivity index (χ1) is 22.2. The Labute approximate surface area is 274 Å². The highest BCUT2D eigenvalue weighted by Gasteiger charge is 2.32. The molecule has 1 saturated carbocycles. The highest BCUT2D eigenvalue weighted by molar-refractivity contribution is 6.32. The van der Waals surface area contributed by atoms with Crippen LogP contribution < -0.4 is 14.8 Å². The number of nitrogens with one attached hydrogen (secondary N) is 1. The zero-order valence-electron chi connectivity index (χ0n) is 27.1. The summed E-state index contributed by atoms with van der Waals surface area (Å²) >= 11 is 6.45. The molecule has 0 spiro atoms. The Kier molecular flexibility index (Phi) is 10.00. The summed E-state index contributed by atoms with van der Waals surface area (Å²) < 4.78 is 21.8. The molecule has 3 atom stereocenters. The van der Waals surface area contributed by atoms with E-state index in [1.54, 1.807) is 23.4 Å². The van der Waals surface area contributed by atoms with Gasteiger partial charge < -0.3 is 19.5 Å². The Hall–Kier alpha value is -3.81. The minimum Gasteiger partial charge on any atom is -0.487 e. The quantitative estimate of drug-likeness (QED) is 0.219. The lowest BCUT2D eigenvalue weighted by Crippen LogP contribution is -2.51. The van der Waals surface area contributed by atoms with Crippen molar-refractivity contribution < 1.29 is 14.2 Å². The molecule has 246 valence electrons. The lowest BCUT2D eigenvalue weighted by Gasteiger charge is -2.42. The second-order valence-electron chi connectivity index (χ2n) is 12.7. The maximum atomic E-state index is 6.45. The van der Waals surface area contributed by atoms with E-state index < -0.39 is 0 Å². The van der Waals surface area contributed by atoms with Crippen LogP contribution in [0.1, 0.15) is 66.3 Å². The number of hydrogen-bond acceptors (Lipinski definition) is 11. The molecule has 1 saturated heterocycles. The van der Waals surface area contributed by atoms with Crippen molar-refractivity contribution in [1.29, 1.82) is 0 Å². The van der Waals surface area contributed by atoms with Crippen molar-refractivity contribution in [2.24, 2.45) is 0 Å². The molecule has 4 heterocycles. The number of halogens is 1. The Morgan fingerprint density at radius 1 is 0.978 bits per heavy atom. The van der Waals surface area contributed by atoms with E-state index >= 15 is 0 Å². The van der Waals surface area contributed by atoms with Crippen molar-refractivity contribution in [3.63, 3.8) is 0 Å². The van der Waals surface area contributed by atoms with Gasteiger partial charge in [0.15, 0.2) is 0 Å². The molecular weight excluding hydrogens is 608 g/mol. The minimum absolute atomic E-state index is 0.0230. The summed E-state index contributed by atoms with van der Waals surface area (Å²) in [5, 5.41) is 19.9. The smallest absolute Gasteiger partial charge is 0.257 e. The Balaban J connectivity index is 1.11. The van der Waals surface area contributed by atoms with Gasteiger partial charge >= 0.3 is 0 Å². The van der Waals surface area contributed by atoms with Gasteiger partial charge in [-0.25, -0.2) is 14.6 Å². The Bertz CT molecular complexity index is 1550. The fraction of sp³-hybridized carbons (Fsp3) is 0.562. The van der Waals surface area contributed by atoms with Gasteiger partial charge in [0.2, 0.25) is 5.95 Å². The molecule has 14 heteroatoms. The van der Waals surface area contributed by atoms with Gasteiger partial charge in [-0.2, -0.15) is 0 Å². The lowest BCUT2D eigenvalue weighted by molar-refractivity contribution is -0.0852. The van der Waals surface area contributed by atoms with Crippen molar-refractivity contribution in [2.45, 2.75) is 103 Å². The summed E-state index contributed by atoms with van der Waals surface area (Å²) in [6.07, 6.45) is 11.9. The molecule has 6 rings (SSSR count). The van der Waals surface area contributed by atoms with Crippen LogP contribution in [0.15, 0.2) is 43.1 Å². The molecule has 1 aromatic carbocycles. The zero-order chi connectivity index (χ0) is 32.2. The zero-order valence-corrected chi connectivity index (χ0v) is 27.8. The van der Waals surface area contributed by atoms with E-state index in [0.29, 0.717) is 41.2 Å². The molecule has 0 bridgehead atoms. The number of rotatable bonds is 11. The molecule has 13 nitrogen and oxygen atoms in total. The molecule has 1 aliphatic heterocycles. The summed E-state index contributed by atoms with van der Waals surface area (Å²) in [7, 11) is 0. The molecule has 0 amide bonds. The van der Waals surface area contributed by atoms with E-state index in [0.717, 1.165) is 55.6 Å². The molecule has 0 radical (unpaired) electrons. The average molecular weight is 651 g/mol. The number of hydrogen-bond donors (Lipinski definition) is 1. The first-order valence-electron chi connectivity index (χ1n) is 16.1. The fourth-order valence-corrected chi connectivity index (χ4v) is 6.54. The minimum atomic E-state index is -0.199. The van der Waals surface area contributed by atoms with Gasteiger partial charge in [0.05, 0.1) is 42.1 Å². The number of anilines is 2. The molecule has 4 aromatic rings. The van der Waals surface area contributed by atoms with Crippen molar-refractivity contribution in [2.75, 3.05) is 18.4 Å². The third kappa shape index (κ3) is 7.94. The fourth-order valence-electron chi connectivity index (χ4n) is 6.38. The number of nitrogens with zero attached hydrogens (tertiary/aromatic N) is 9. The van der Waals surface area contributed by atoms with Crippen LogP contribution in [-0.4, -0.2) is 88.4 Å². The summed E-state index contributed by atoms with van der Waals surface area (Å²) in [6, 6.07) is 6.53. The average Bonchev–Trinajstić information content (AvgIpc) is 3.68. The normalized spacial score (nSPS) is 22.9. The van der Waals surface area contributed by atoms with Crippen LogP contribution in [0, 0.1) is 0 Å². The SMILES string of the molecule is CC(C)Oc1nn([C@H]2CC[C@H](N3C[C@@H](C)O[C@@H](C)C3)CC2)cc1Nc1ncc(-c2ccc(Cl)c(O[C@@H](C)Cn3cnnn3)c2)cn1. The molecule has 1 aliphatic carbocycles. The van der Waals surface area contributed by atoms with Crippen molar-refractivity contribution in [3.05, 3.63) is 48.1 Å². The van der Waals surface area contributed by atoms with E-state index in [1.165, 1.54) is 0 Å². The number of ether oxygens (including phenoxy) is 3. The number of aromatic nitrogens is 8. The first-order valence-corrected chi connectivity index (χ1v) is 16.5. The van der Waals surface area contributed by atoms with Crippen LogP contribution >= 0.6 is 11.6 Å². The van der Waals surface area contributed by atoms with Crippen LogP contribution in [0.25, 0.3) is 11.1 Å². The van der Waals surface area contributed by atoms with Crippen molar-refractivity contribution in [3.8, 4) is 22.8 Å². The third-order valence-electron chi connectivity index (χ3n) is 8.38. The molecular formula is C32H43ClN10O3. The van der Waals surface area contributed by atoms with E-state index in [9.17, 15) is 0 Å². The van der Waals surface area contributed by atoms with E-state index in [2.05, 4.69) is 54.2 Å². The second kappa shape index (κ2) is 14.3. The lowest BCUT2D eigenvalue weighted by atomic mass is 9.89. The Morgan fingerprint density at radius 3 is 2.37 bits per heavy atom. The number of tetrazole rings is 1. The predicted molar refractivity (Wildman–Crippen MR) is 175 cm³/mol. The molecule has 2 aliphatic rings. The summed E-state index contributed by atoms with van der Waals surface area (Å²) in [4.78, 5) is 11.8. The van der Waals surface area contributed by atoms with Gasteiger partial charge in [-0.3, -0.25) is 9.58 Å².